The highest BCUT2D eigenvalue weighted by molar-refractivity contribution is 7.13. The van der Waals surface area contributed by atoms with Crippen LogP contribution in [-0.4, -0.2) is 33.5 Å². The number of aliphatic hydroxyl groups excluding tert-OH is 1. The first-order chi connectivity index (χ1) is 14.6. The Morgan fingerprint density at radius 3 is 2.70 bits per heavy atom. The van der Waals surface area contributed by atoms with E-state index in [1.807, 2.05) is 54.6 Å². The molecule has 6 nitrogen and oxygen atoms in total. The van der Waals surface area contributed by atoms with Gasteiger partial charge in [0.1, 0.15) is 0 Å². The van der Waals surface area contributed by atoms with Crippen molar-refractivity contribution in [2.24, 2.45) is 0 Å². The zero-order chi connectivity index (χ0) is 20.9. The molecule has 2 atom stereocenters. The molecule has 0 aliphatic carbocycles. The molecular weight excluding hydrogens is 396 g/mol. The van der Waals surface area contributed by atoms with E-state index in [0.717, 1.165) is 42.7 Å². The molecular formula is C23H26N4O2S. The molecule has 0 saturated carbocycles. The van der Waals surface area contributed by atoms with Crippen LogP contribution < -0.4 is 11.1 Å². The third-order valence-electron chi connectivity index (χ3n) is 5.45. The van der Waals surface area contributed by atoms with Crippen LogP contribution in [0.1, 0.15) is 35.8 Å². The van der Waals surface area contributed by atoms with Gasteiger partial charge in [-0.1, -0.05) is 42.5 Å². The lowest BCUT2D eigenvalue weighted by molar-refractivity contribution is -0.115. The first-order valence-electron chi connectivity index (χ1n) is 10.1. The van der Waals surface area contributed by atoms with Crippen LogP contribution in [0.3, 0.4) is 0 Å². The number of anilines is 2. The van der Waals surface area contributed by atoms with Gasteiger partial charge >= 0.3 is 0 Å². The average Bonchev–Trinajstić information content (AvgIpc) is 3.38. The molecule has 0 radical (unpaired) electrons. The molecule has 1 aliphatic rings. The molecule has 0 spiro atoms. The predicted octanol–water partition coefficient (Wildman–Crippen LogP) is 3.60. The standard InChI is InChI=1S/C23H26N4O2S/c24-23-26-19(15-30-23)13-21(28)25-18-10-8-16(9-11-18)14-27-12-4-7-20(27)22(29)17-5-2-1-3-6-17/h1-3,5-6,8-11,15,20,22,29H,4,7,12-14H2,(H2,24,26)(H,25,28)/t20-,22+/m0/s1. The van der Waals surface area contributed by atoms with Crippen molar-refractivity contribution >= 4 is 28.1 Å². The Hall–Kier alpha value is -2.74. The highest BCUT2D eigenvalue weighted by atomic mass is 32.1. The molecule has 4 N–H and O–H groups in total. The summed E-state index contributed by atoms with van der Waals surface area (Å²) in [4.78, 5) is 18.6. The number of hydrogen-bond donors (Lipinski definition) is 3. The van der Waals surface area contributed by atoms with Crippen molar-refractivity contribution in [1.29, 1.82) is 0 Å². The van der Waals surface area contributed by atoms with Gasteiger partial charge in [0.2, 0.25) is 5.91 Å². The van der Waals surface area contributed by atoms with E-state index in [9.17, 15) is 9.90 Å². The molecule has 2 heterocycles. The maximum Gasteiger partial charge on any atom is 0.230 e. The molecule has 1 saturated heterocycles. The number of aliphatic hydroxyl groups is 1. The summed E-state index contributed by atoms with van der Waals surface area (Å²) < 4.78 is 0. The van der Waals surface area contributed by atoms with Crippen molar-refractivity contribution in [3.63, 3.8) is 0 Å². The third kappa shape index (κ3) is 5.05. The molecule has 3 aromatic rings. The first kappa shape index (κ1) is 20.5. The summed E-state index contributed by atoms with van der Waals surface area (Å²) in [6.45, 7) is 1.75. The number of nitrogen functional groups attached to an aromatic ring is 1. The second kappa shape index (κ2) is 9.38. The number of rotatable bonds is 7. The minimum absolute atomic E-state index is 0.112. The van der Waals surface area contributed by atoms with E-state index < -0.39 is 6.10 Å². The lowest BCUT2D eigenvalue weighted by Crippen LogP contribution is -2.34. The maximum atomic E-state index is 12.2. The quantitative estimate of drug-likeness (QED) is 0.541. The van der Waals surface area contributed by atoms with Crippen LogP contribution in [0.2, 0.25) is 0 Å². The molecule has 1 fully saturated rings. The topological polar surface area (TPSA) is 91.5 Å². The molecule has 156 valence electrons. The van der Waals surface area contributed by atoms with E-state index in [1.54, 1.807) is 5.38 Å². The van der Waals surface area contributed by atoms with Crippen LogP contribution in [0, 0.1) is 0 Å². The summed E-state index contributed by atoms with van der Waals surface area (Å²) in [6.07, 6.45) is 1.81. The highest BCUT2D eigenvalue weighted by Crippen LogP contribution is 2.30. The van der Waals surface area contributed by atoms with Crippen molar-refractivity contribution in [3.8, 4) is 0 Å². The SMILES string of the molecule is Nc1nc(CC(=O)Nc2ccc(CN3CCC[C@H]3[C@H](O)c3ccccc3)cc2)cs1. The van der Waals surface area contributed by atoms with Gasteiger partial charge in [-0.2, -0.15) is 0 Å². The summed E-state index contributed by atoms with van der Waals surface area (Å²) in [5.74, 6) is -0.112. The first-order valence-corrected chi connectivity index (χ1v) is 11.0. The molecule has 7 heteroatoms. The minimum atomic E-state index is -0.480. The average molecular weight is 423 g/mol. The fourth-order valence-corrected chi connectivity index (χ4v) is 4.54. The summed E-state index contributed by atoms with van der Waals surface area (Å²) in [7, 11) is 0. The molecule has 1 aliphatic heterocycles. The van der Waals surface area contributed by atoms with Gasteiger partial charge in [0, 0.05) is 23.7 Å². The number of amides is 1. The number of likely N-dealkylation sites (tertiary alicyclic amines) is 1. The number of carbonyl (C=O) groups is 1. The zero-order valence-corrected chi connectivity index (χ0v) is 17.5. The van der Waals surface area contributed by atoms with E-state index in [0.29, 0.717) is 10.8 Å². The van der Waals surface area contributed by atoms with Crippen molar-refractivity contribution in [2.45, 2.75) is 38.0 Å². The lowest BCUT2D eigenvalue weighted by Gasteiger charge is -2.29. The smallest absolute Gasteiger partial charge is 0.230 e. The van der Waals surface area contributed by atoms with Gasteiger partial charge in [0.25, 0.3) is 0 Å². The monoisotopic (exact) mass is 422 g/mol. The molecule has 0 bridgehead atoms. The summed E-state index contributed by atoms with van der Waals surface area (Å²) in [5.41, 5.74) is 9.18. The number of nitrogens with zero attached hydrogens (tertiary/aromatic N) is 2. The number of carbonyl (C=O) groups excluding carboxylic acids is 1. The molecule has 1 amide bonds. The summed E-state index contributed by atoms with van der Waals surface area (Å²) in [6, 6.07) is 17.9. The highest BCUT2D eigenvalue weighted by Gasteiger charge is 2.31. The minimum Gasteiger partial charge on any atom is -0.387 e. The number of thiazole rings is 1. The molecule has 1 aromatic heterocycles. The fourth-order valence-electron chi connectivity index (χ4n) is 3.98. The van der Waals surface area contributed by atoms with E-state index in [4.69, 9.17) is 5.73 Å². The van der Waals surface area contributed by atoms with E-state index in [-0.39, 0.29) is 18.4 Å². The van der Waals surface area contributed by atoms with Gasteiger partial charge in [-0.15, -0.1) is 11.3 Å². The number of nitrogens with one attached hydrogen (secondary N) is 1. The lowest BCUT2D eigenvalue weighted by atomic mass is 10.00. The van der Waals surface area contributed by atoms with Crippen molar-refractivity contribution in [2.75, 3.05) is 17.6 Å². The van der Waals surface area contributed by atoms with E-state index in [1.165, 1.54) is 11.3 Å². The van der Waals surface area contributed by atoms with Gasteiger partial charge < -0.3 is 16.2 Å². The molecule has 2 aromatic carbocycles. The van der Waals surface area contributed by atoms with Crippen LogP contribution in [-0.2, 0) is 17.8 Å². The second-order valence-electron chi connectivity index (χ2n) is 7.63. The number of nitrogens with two attached hydrogens (primary N) is 1. The number of aromatic nitrogens is 1. The van der Waals surface area contributed by atoms with Crippen LogP contribution in [0.15, 0.2) is 60.0 Å². The Bertz CT molecular complexity index is 974. The van der Waals surface area contributed by atoms with Crippen LogP contribution in [0.25, 0.3) is 0 Å². The van der Waals surface area contributed by atoms with Crippen molar-refractivity contribution in [3.05, 3.63) is 76.8 Å². The van der Waals surface area contributed by atoms with Crippen LogP contribution in [0.4, 0.5) is 10.8 Å². The Morgan fingerprint density at radius 1 is 1.23 bits per heavy atom. The zero-order valence-electron chi connectivity index (χ0n) is 16.7. The molecule has 0 unspecified atom stereocenters. The molecule has 30 heavy (non-hydrogen) atoms. The normalized spacial score (nSPS) is 17.7. The predicted molar refractivity (Wildman–Crippen MR) is 120 cm³/mol. The Labute approximate surface area is 180 Å². The van der Waals surface area contributed by atoms with Gasteiger partial charge in [0.05, 0.1) is 18.2 Å². The number of hydrogen-bond acceptors (Lipinski definition) is 6. The summed E-state index contributed by atoms with van der Waals surface area (Å²) in [5, 5.41) is 16.0. The van der Waals surface area contributed by atoms with Gasteiger partial charge in [0.15, 0.2) is 5.13 Å². The fraction of sp³-hybridized carbons (Fsp3) is 0.304. The van der Waals surface area contributed by atoms with Crippen molar-refractivity contribution in [1.82, 2.24) is 9.88 Å². The Kier molecular flexibility index (Phi) is 6.42. The van der Waals surface area contributed by atoms with Crippen LogP contribution in [0.5, 0.6) is 0 Å². The largest absolute Gasteiger partial charge is 0.387 e. The van der Waals surface area contributed by atoms with Gasteiger partial charge in [-0.05, 0) is 42.6 Å². The number of benzene rings is 2. The van der Waals surface area contributed by atoms with Crippen molar-refractivity contribution < 1.29 is 9.90 Å². The second-order valence-corrected chi connectivity index (χ2v) is 8.52. The van der Waals surface area contributed by atoms with E-state index >= 15 is 0 Å². The van der Waals surface area contributed by atoms with E-state index in [2.05, 4.69) is 15.2 Å². The van der Waals surface area contributed by atoms with Gasteiger partial charge in [-0.25, -0.2) is 4.98 Å². The third-order valence-corrected chi connectivity index (χ3v) is 6.18. The Morgan fingerprint density at radius 2 is 2.00 bits per heavy atom. The van der Waals surface area contributed by atoms with Gasteiger partial charge in [-0.3, -0.25) is 9.69 Å². The van der Waals surface area contributed by atoms with Crippen LogP contribution >= 0.6 is 11.3 Å². The summed E-state index contributed by atoms with van der Waals surface area (Å²) >= 11 is 1.33. The maximum absolute atomic E-state index is 12.2. The Balaban J connectivity index is 1.34. The molecule has 4 rings (SSSR count).